The highest BCUT2D eigenvalue weighted by molar-refractivity contribution is 7.91. The maximum absolute atomic E-state index is 11.4. The minimum Gasteiger partial charge on any atom is -0.328 e. The topological polar surface area (TPSA) is 60.2 Å². The third-order valence-corrected chi connectivity index (χ3v) is 5.94. The first-order chi connectivity index (χ1) is 10.0. The van der Waals surface area contributed by atoms with Crippen LogP contribution in [0, 0.1) is 0 Å². The summed E-state index contributed by atoms with van der Waals surface area (Å²) >= 11 is 0. The molecule has 128 valence electrons. The van der Waals surface area contributed by atoms with E-state index in [1.807, 2.05) is 0 Å². The Morgan fingerprint density at radius 3 is 1.76 bits per heavy atom. The smallest absolute Gasteiger partial charge is 0.150 e. The number of sulfone groups is 1. The summed E-state index contributed by atoms with van der Waals surface area (Å²) in [7, 11) is -2.81. The minimum atomic E-state index is -2.81. The van der Waals surface area contributed by atoms with Crippen LogP contribution < -0.4 is 5.73 Å². The Hall–Kier alpha value is -0.0900. The van der Waals surface area contributed by atoms with Gasteiger partial charge in [-0.1, -0.05) is 71.6 Å². The van der Waals surface area contributed by atoms with Crippen LogP contribution in [0.15, 0.2) is 0 Å². The molecular weight excluding hydrogens is 282 g/mol. The predicted octanol–water partition coefficient (Wildman–Crippen LogP) is 4.45. The second-order valence-corrected chi connectivity index (χ2v) is 8.73. The second kappa shape index (κ2) is 13.6. The van der Waals surface area contributed by atoms with Crippen molar-refractivity contribution in [1.82, 2.24) is 0 Å². The third-order valence-electron chi connectivity index (χ3n) is 4.15. The van der Waals surface area contributed by atoms with Crippen molar-refractivity contribution in [1.29, 1.82) is 0 Å². The van der Waals surface area contributed by atoms with E-state index in [1.165, 1.54) is 57.8 Å². The van der Waals surface area contributed by atoms with Gasteiger partial charge in [-0.15, -0.1) is 0 Å². The molecule has 0 saturated heterocycles. The van der Waals surface area contributed by atoms with Crippen molar-refractivity contribution in [3.63, 3.8) is 0 Å². The molecule has 21 heavy (non-hydrogen) atoms. The zero-order chi connectivity index (χ0) is 16.0. The number of unbranched alkanes of at least 4 members (excludes halogenated alkanes) is 8. The van der Waals surface area contributed by atoms with Gasteiger partial charge in [-0.25, -0.2) is 8.42 Å². The Kier molecular flexibility index (Phi) is 13.5. The molecule has 0 aromatic rings. The standard InChI is InChI=1S/C17H37NO2S/c1-3-5-6-7-8-9-10-11-12-14-17(18)15-13-16-21(19,20)4-2/h17H,3-16,18H2,1-2H3. The summed E-state index contributed by atoms with van der Waals surface area (Å²) in [6.45, 7) is 3.96. The van der Waals surface area contributed by atoms with Gasteiger partial charge in [0.1, 0.15) is 9.84 Å². The van der Waals surface area contributed by atoms with Crippen molar-refractivity contribution in [3.05, 3.63) is 0 Å². The van der Waals surface area contributed by atoms with Crippen LogP contribution in [0.5, 0.6) is 0 Å². The summed E-state index contributed by atoms with van der Waals surface area (Å²) in [5.41, 5.74) is 6.05. The van der Waals surface area contributed by atoms with E-state index in [4.69, 9.17) is 5.73 Å². The Balaban J connectivity index is 3.32. The van der Waals surface area contributed by atoms with Crippen molar-refractivity contribution in [3.8, 4) is 0 Å². The molecular formula is C17H37NO2S. The monoisotopic (exact) mass is 319 g/mol. The maximum Gasteiger partial charge on any atom is 0.150 e. The Morgan fingerprint density at radius 2 is 1.24 bits per heavy atom. The number of hydrogen-bond donors (Lipinski definition) is 1. The average Bonchev–Trinajstić information content (AvgIpc) is 2.45. The molecule has 0 aliphatic carbocycles. The zero-order valence-electron chi connectivity index (χ0n) is 14.3. The third kappa shape index (κ3) is 14.6. The molecule has 0 radical (unpaired) electrons. The van der Waals surface area contributed by atoms with Crippen LogP contribution in [0.3, 0.4) is 0 Å². The molecule has 3 nitrogen and oxygen atoms in total. The van der Waals surface area contributed by atoms with E-state index < -0.39 is 9.84 Å². The lowest BCUT2D eigenvalue weighted by molar-refractivity contribution is 0.501. The van der Waals surface area contributed by atoms with E-state index in [9.17, 15) is 8.42 Å². The quantitative estimate of drug-likeness (QED) is 0.454. The van der Waals surface area contributed by atoms with E-state index in [2.05, 4.69) is 6.92 Å². The van der Waals surface area contributed by atoms with Crippen LogP contribution in [0.2, 0.25) is 0 Å². The molecule has 0 rings (SSSR count). The van der Waals surface area contributed by atoms with Crippen LogP contribution in [0.25, 0.3) is 0 Å². The Bertz CT molecular complexity index is 315. The van der Waals surface area contributed by atoms with E-state index in [0.29, 0.717) is 5.75 Å². The second-order valence-electron chi connectivity index (χ2n) is 6.26. The summed E-state index contributed by atoms with van der Waals surface area (Å²) in [5.74, 6) is 0.551. The Morgan fingerprint density at radius 1 is 0.762 bits per heavy atom. The Labute approximate surface area is 133 Å². The summed E-state index contributed by atoms with van der Waals surface area (Å²) < 4.78 is 22.7. The fourth-order valence-electron chi connectivity index (χ4n) is 2.57. The van der Waals surface area contributed by atoms with Gasteiger partial charge in [0.25, 0.3) is 0 Å². The summed E-state index contributed by atoms with van der Waals surface area (Å²) in [4.78, 5) is 0. The van der Waals surface area contributed by atoms with Gasteiger partial charge in [0, 0.05) is 11.8 Å². The van der Waals surface area contributed by atoms with Gasteiger partial charge in [0.05, 0.1) is 5.75 Å². The van der Waals surface area contributed by atoms with Crippen LogP contribution in [0.4, 0.5) is 0 Å². The molecule has 0 amide bonds. The lowest BCUT2D eigenvalue weighted by atomic mass is 10.0. The molecule has 4 heteroatoms. The summed E-state index contributed by atoms with van der Waals surface area (Å²) in [6, 6.07) is 0.182. The number of nitrogens with two attached hydrogens (primary N) is 1. The van der Waals surface area contributed by atoms with Crippen molar-refractivity contribution in [2.75, 3.05) is 11.5 Å². The van der Waals surface area contributed by atoms with Gasteiger partial charge in [0.2, 0.25) is 0 Å². The van der Waals surface area contributed by atoms with E-state index in [-0.39, 0.29) is 11.8 Å². The first kappa shape index (κ1) is 20.9. The molecule has 0 fully saturated rings. The van der Waals surface area contributed by atoms with E-state index >= 15 is 0 Å². The highest BCUT2D eigenvalue weighted by atomic mass is 32.2. The van der Waals surface area contributed by atoms with Gasteiger partial charge in [0.15, 0.2) is 0 Å². The van der Waals surface area contributed by atoms with Crippen molar-refractivity contribution in [2.45, 2.75) is 96.9 Å². The van der Waals surface area contributed by atoms with E-state index in [1.54, 1.807) is 6.92 Å². The van der Waals surface area contributed by atoms with Gasteiger partial charge in [-0.05, 0) is 19.3 Å². The highest BCUT2D eigenvalue weighted by Crippen LogP contribution is 2.12. The molecule has 0 bridgehead atoms. The molecule has 0 heterocycles. The zero-order valence-corrected chi connectivity index (χ0v) is 15.1. The molecule has 0 spiro atoms. The fraction of sp³-hybridized carbons (Fsp3) is 1.00. The van der Waals surface area contributed by atoms with Crippen LogP contribution in [-0.4, -0.2) is 26.0 Å². The lowest BCUT2D eigenvalue weighted by Crippen LogP contribution is -2.21. The van der Waals surface area contributed by atoms with Crippen molar-refractivity contribution in [2.24, 2.45) is 5.73 Å². The lowest BCUT2D eigenvalue weighted by Gasteiger charge is -2.11. The van der Waals surface area contributed by atoms with Crippen molar-refractivity contribution < 1.29 is 8.42 Å². The van der Waals surface area contributed by atoms with Gasteiger partial charge < -0.3 is 5.73 Å². The first-order valence-corrected chi connectivity index (χ1v) is 10.8. The van der Waals surface area contributed by atoms with Gasteiger partial charge in [-0.2, -0.15) is 0 Å². The SMILES string of the molecule is CCCCCCCCCCCC(N)CCCS(=O)(=O)CC. The molecule has 1 unspecified atom stereocenters. The molecule has 0 aliphatic rings. The fourth-order valence-corrected chi connectivity index (χ4v) is 3.47. The van der Waals surface area contributed by atoms with Crippen LogP contribution in [0.1, 0.15) is 90.9 Å². The average molecular weight is 320 g/mol. The molecule has 1 atom stereocenters. The molecule has 2 N–H and O–H groups in total. The highest BCUT2D eigenvalue weighted by Gasteiger charge is 2.09. The predicted molar refractivity (Wildman–Crippen MR) is 93.4 cm³/mol. The van der Waals surface area contributed by atoms with Crippen molar-refractivity contribution >= 4 is 9.84 Å². The molecule has 0 aliphatic heterocycles. The maximum atomic E-state index is 11.4. The number of hydrogen-bond acceptors (Lipinski definition) is 3. The normalized spacial score (nSPS) is 13.5. The summed E-state index contributed by atoms with van der Waals surface area (Å²) in [5, 5.41) is 0. The molecule has 0 aromatic carbocycles. The molecule has 0 saturated carbocycles. The molecule has 0 aromatic heterocycles. The first-order valence-electron chi connectivity index (χ1n) is 8.97. The minimum absolute atomic E-state index is 0.182. The van der Waals surface area contributed by atoms with Crippen LogP contribution >= 0.6 is 0 Å². The van der Waals surface area contributed by atoms with Gasteiger partial charge >= 0.3 is 0 Å². The summed E-state index contributed by atoms with van der Waals surface area (Å²) in [6.07, 6.45) is 14.6. The van der Waals surface area contributed by atoms with Crippen LogP contribution in [-0.2, 0) is 9.84 Å². The largest absolute Gasteiger partial charge is 0.328 e. The van der Waals surface area contributed by atoms with Gasteiger partial charge in [-0.3, -0.25) is 0 Å². The number of rotatable bonds is 15. The van der Waals surface area contributed by atoms with E-state index in [0.717, 1.165) is 19.3 Å².